The predicted octanol–water partition coefficient (Wildman–Crippen LogP) is 3.72. The first-order valence-electron chi connectivity index (χ1n) is 5.95. The van der Waals surface area contributed by atoms with E-state index in [1.165, 1.54) is 12.3 Å². The van der Waals surface area contributed by atoms with Gasteiger partial charge in [-0.25, -0.2) is 8.78 Å². The standard InChI is InChI=1S/C14H15F2NO/c1-2-6-17-9-14-11(5-7-18-14)12-8-10(15)3-4-13(12)16/h3-5,7-8,17H,2,6,9H2,1H3. The topological polar surface area (TPSA) is 25.2 Å². The van der Waals surface area contributed by atoms with Crippen LogP contribution in [-0.2, 0) is 6.54 Å². The van der Waals surface area contributed by atoms with Gasteiger partial charge in [-0.05, 0) is 37.2 Å². The van der Waals surface area contributed by atoms with Crippen LogP contribution in [0.2, 0.25) is 0 Å². The normalized spacial score (nSPS) is 10.8. The molecule has 2 aromatic rings. The third-order valence-corrected chi connectivity index (χ3v) is 2.68. The summed E-state index contributed by atoms with van der Waals surface area (Å²) in [6, 6.07) is 5.07. The largest absolute Gasteiger partial charge is 0.467 e. The maximum absolute atomic E-state index is 13.7. The van der Waals surface area contributed by atoms with E-state index >= 15 is 0 Å². The van der Waals surface area contributed by atoms with Crippen molar-refractivity contribution in [1.29, 1.82) is 0 Å². The fourth-order valence-corrected chi connectivity index (χ4v) is 1.80. The molecule has 0 spiro atoms. The molecule has 0 amide bonds. The van der Waals surface area contributed by atoms with Crippen LogP contribution in [-0.4, -0.2) is 6.54 Å². The van der Waals surface area contributed by atoms with Crippen molar-refractivity contribution in [2.75, 3.05) is 6.54 Å². The van der Waals surface area contributed by atoms with Gasteiger partial charge in [-0.2, -0.15) is 0 Å². The molecule has 0 unspecified atom stereocenters. The molecule has 0 aliphatic carbocycles. The van der Waals surface area contributed by atoms with Gasteiger partial charge in [0.25, 0.3) is 0 Å². The summed E-state index contributed by atoms with van der Waals surface area (Å²) >= 11 is 0. The molecule has 0 saturated heterocycles. The zero-order valence-electron chi connectivity index (χ0n) is 10.2. The Hall–Kier alpha value is -1.68. The summed E-state index contributed by atoms with van der Waals surface area (Å²) in [6.45, 7) is 3.42. The maximum atomic E-state index is 13.7. The van der Waals surface area contributed by atoms with Crippen molar-refractivity contribution in [3.05, 3.63) is 47.9 Å². The van der Waals surface area contributed by atoms with E-state index < -0.39 is 11.6 Å². The summed E-state index contributed by atoms with van der Waals surface area (Å²) in [7, 11) is 0. The second-order valence-electron chi connectivity index (χ2n) is 4.06. The van der Waals surface area contributed by atoms with Crippen molar-refractivity contribution in [3.8, 4) is 11.1 Å². The van der Waals surface area contributed by atoms with Gasteiger partial charge < -0.3 is 9.73 Å². The van der Waals surface area contributed by atoms with Gasteiger partial charge in [0.1, 0.15) is 17.4 Å². The molecule has 1 heterocycles. The number of halogens is 2. The molecule has 0 fully saturated rings. The minimum Gasteiger partial charge on any atom is -0.467 e. The summed E-state index contributed by atoms with van der Waals surface area (Å²) < 4.78 is 32.1. The monoisotopic (exact) mass is 251 g/mol. The number of rotatable bonds is 5. The van der Waals surface area contributed by atoms with Gasteiger partial charge in [-0.3, -0.25) is 0 Å². The Morgan fingerprint density at radius 1 is 1.17 bits per heavy atom. The van der Waals surface area contributed by atoms with Crippen LogP contribution >= 0.6 is 0 Å². The van der Waals surface area contributed by atoms with Crippen LogP contribution in [0.4, 0.5) is 8.78 Å². The molecule has 96 valence electrons. The Balaban J connectivity index is 2.27. The van der Waals surface area contributed by atoms with Gasteiger partial charge in [-0.1, -0.05) is 6.92 Å². The van der Waals surface area contributed by atoms with Crippen LogP contribution in [0.15, 0.2) is 34.9 Å². The smallest absolute Gasteiger partial charge is 0.131 e. The lowest BCUT2D eigenvalue weighted by Crippen LogP contribution is -2.13. The highest BCUT2D eigenvalue weighted by atomic mass is 19.1. The Labute approximate surface area is 105 Å². The summed E-state index contributed by atoms with van der Waals surface area (Å²) in [5, 5.41) is 3.17. The molecule has 2 rings (SSSR count). The van der Waals surface area contributed by atoms with E-state index in [1.54, 1.807) is 6.07 Å². The molecule has 1 aromatic carbocycles. The molecule has 0 radical (unpaired) electrons. The second kappa shape index (κ2) is 5.78. The van der Waals surface area contributed by atoms with Crippen molar-refractivity contribution >= 4 is 0 Å². The zero-order chi connectivity index (χ0) is 13.0. The minimum absolute atomic E-state index is 0.233. The maximum Gasteiger partial charge on any atom is 0.131 e. The fourth-order valence-electron chi connectivity index (χ4n) is 1.80. The Morgan fingerprint density at radius 3 is 2.78 bits per heavy atom. The van der Waals surface area contributed by atoms with Gasteiger partial charge >= 0.3 is 0 Å². The summed E-state index contributed by atoms with van der Waals surface area (Å²) in [5.74, 6) is -0.289. The van der Waals surface area contributed by atoms with Crippen LogP contribution in [0.5, 0.6) is 0 Å². The first-order chi connectivity index (χ1) is 8.72. The SMILES string of the molecule is CCCNCc1occc1-c1cc(F)ccc1F. The Kier molecular flexibility index (Phi) is 4.10. The van der Waals surface area contributed by atoms with Gasteiger partial charge in [-0.15, -0.1) is 0 Å². The van der Waals surface area contributed by atoms with Crippen molar-refractivity contribution < 1.29 is 13.2 Å². The second-order valence-corrected chi connectivity index (χ2v) is 4.06. The number of benzene rings is 1. The summed E-state index contributed by atoms with van der Waals surface area (Å²) in [6.07, 6.45) is 2.49. The molecule has 1 N–H and O–H groups in total. The number of furan rings is 1. The van der Waals surface area contributed by atoms with Gasteiger partial charge in [0.15, 0.2) is 0 Å². The fraction of sp³-hybridized carbons (Fsp3) is 0.286. The Morgan fingerprint density at radius 2 is 2.00 bits per heavy atom. The highest BCUT2D eigenvalue weighted by molar-refractivity contribution is 5.66. The highest BCUT2D eigenvalue weighted by Crippen LogP contribution is 2.28. The third kappa shape index (κ3) is 2.76. The molecule has 4 heteroatoms. The average molecular weight is 251 g/mol. The molecule has 0 bridgehead atoms. The molecule has 1 aromatic heterocycles. The van der Waals surface area contributed by atoms with E-state index in [0.717, 1.165) is 25.1 Å². The molecule has 0 saturated carbocycles. The van der Waals surface area contributed by atoms with Crippen molar-refractivity contribution in [2.24, 2.45) is 0 Å². The number of hydrogen-bond donors (Lipinski definition) is 1. The van der Waals surface area contributed by atoms with Gasteiger partial charge in [0, 0.05) is 11.1 Å². The van der Waals surface area contributed by atoms with Crippen molar-refractivity contribution in [1.82, 2.24) is 5.32 Å². The lowest BCUT2D eigenvalue weighted by Gasteiger charge is -2.05. The summed E-state index contributed by atoms with van der Waals surface area (Å²) in [5.41, 5.74) is 0.827. The first-order valence-corrected chi connectivity index (χ1v) is 5.95. The molecule has 0 aliphatic heterocycles. The molecule has 18 heavy (non-hydrogen) atoms. The predicted molar refractivity (Wildman–Crippen MR) is 66.1 cm³/mol. The molecular formula is C14H15F2NO. The van der Waals surface area contributed by atoms with Crippen molar-refractivity contribution in [2.45, 2.75) is 19.9 Å². The van der Waals surface area contributed by atoms with Gasteiger partial charge in [0.2, 0.25) is 0 Å². The number of nitrogens with one attached hydrogen (secondary N) is 1. The molecule has 2 nitrogen and oxygen atoms in total. The van der Waals surface area contributed by atoms with Crippen LogP contribution in [0.25, 0.3) is 11.1 Å². The van der Waals surface area contributed by atoms with E-state index in [2.05, 4.69) is 12.2 Å². The summed E-state index contributed by atoms with van der Waals surface area (Å²) in [4.78, 5) is 0. The van der Waals surface area contributed by atoms with E-state index in [4.69, 9.17) is 4.42 Å². The average Bonchev–Trinajstić information content (AvgIpc) is 2.81. The zero-order valence-corrected chi connectivity index (χ0v) is 10.2. The highest BCUT2D eigenvalue weighted by Gasteiger charge is 2.13. The lowest BCUT2D eigenvalue weighted by molar-refractivity contribution is 0.484. The Bertz CT molecular complexity index is 522. The molecule has 0 atom stereocenters. The van der Waals surface area contributed by atoms with E-state index in [-0.39, 0.29) is 5.56 Å². The molecular weight excluding hydrogens is 236 g/mol. The number of hydrogen-bond acceptors (Lipinski definition) is 2. The first kappa shape index (κ1) is 12.8. The van der Waals surface area contributed by atoms with Crippen LogP contribution in [0.3, 0.4) is 0 Å². The lowest BCUT2D eigenvalue weighted by atomic mass is 10.1. The minimum atomic E-state index is -0.458. The third-order valence-electron chi connectivity index (χ3n) is 2.68. The van der Waals surface area contributed by atoms with E-state index in [1.807, 2.05) is 0 Å². The van der Waals surface area contributed by atoms with Crippen LogP contribution in [0, 0.1) is 11.6 Å². The van der Waals surface area contributed by atoms with E-state index in [9.17, 15) is 8.78 Å². The van der Waals surface area contributed by atoms with Crippen LogP contribution < -0.4 is 5.32 Å². The van der Waals surface area contributed by atoms with E-state index in [0.29, 0.717) is 17.9 Å². The molecule has 0 aliphatic rings. The quantitative estimate of drug-likeness (QED) is 0.819. The van der Waals surface area contributed by atoms with Crippen LogP contribution in [0.1, 0.15) is 19.1 Å². The van der Waals surface area contributed by atoms with Crippen molar-refractivity contribution in [3.63, 3.8) is 0 Å². The van der Waals surface area contributed by atoms with Gasteiger partial charge in [0.05, 0.1) is 12.8 Å².